The molecule has 2 amide bonds. The zero-order chi connectivity index (χ0) is 20.2. The Kier molecular flexibility index (Phi) is 4.45. The lowest BCUT2D eigenvalue weighted by Gasteiger charge is -2.12. The summed E-state index contributed by atoms with van der Waals surface area (Å²) in [6.07, 6.45) is 3.90. The van der Waals surface area contributed by atoms with E-state index in [-0.39, 0.29) is 17.9 Å². The fourth-order valence-corrected chi connectivity index (χ4v) is 3.94. The van der Waals surface area contributed by atoms with E-state index in [0.717, 1.165) is 36.5 Å². The fourth-order valence-electron chi connectivity index (χ4n) is 3.36. The molecule has 3 aromatic rings. The van der Waals surface area contributed by atoms with E-state index in [2.05, 4.69) is 45.7 Å². The van der Waals surface area contributed by atoms with Crippen molar-refractivity contribution in [3.8, 4) is 0 Å². The summed E-state index contributed by atoms with van der Waals surface area (Å²) in [5, 5.41) is 0. The summed E-state index contributed by atoms with van der Waals surface area (Å²) in [5.74, 6) is -0.902. The molecule has 0 atom stereocenters. The number of amides is 2. The minimum absolute atomic E-state index is 0.0750. The van der Waals surface area contributed by atoms with Crippen LogP contribution in [0.1, 0.15) is 37.8 Å². The number of carbonyl (C=O) groups is 2. The number of hydrogen-bond donors (Lipinski definition) is 0. The van der Waals surface area contributed by atoms with E-state index in [4.69, 9.17) is 9.97 Å². The quantitative estimate of drug-likeness (QED) is 0.244. The normalized spacial score (nSPS) is 13.5. The van der Waals surface area contributed by atoms with Crippen LogP contribution in [0.4, 0.5) is 0 Å². The van der Waals surface area contributed by atoms with Crippen molar-refractivity contribution < 1.29 is 9.59 Å². The topological polar surface area (TPSA) is 88.9 Å². The maximum absolute atomic E-state index is 12.6. The standard InChI is InChI=1S/C20H16IN5O2/c1-5-7-11-18(21)25-15-10(4)14-13(9(3)12(15)22-11)23-16-17(24-14)20(28)26(8-6-2)19(16)27/h5-6H,1-2,7-8H2,3-4H3. The molecule has 0 aliphatic carbocycles. The first-order chi connectivity index (χ1) is 13.4. The number of imide groups is 1. The van der Waals surface area contributed by atoms with Crippen molar-refractivity contribution in [1.29, 1.82) is 0 Å². The number of aromatic nitrogens is 4. The van der Waals surface area contributed by atoms with Crippen molar-refractivity contribution in [3.05, 3.63) is 57.2 Å². The van der Waals surface area contributed by atoms with Gasteiger partial charge in [-0.05, 0) is 36.4 Å². The Morgan fingerprint density at radius 2 is 1.36 bits per heavy atom. The lowest BCUT2D eigenvalue weighted by Crippen LogP contribution is -2.29. The first kappa shape index (κ1) is 18.6. The lowest BCUT2D eigenvalue weighted by atomic mass is 10.1. The Morgan fingerprint density at radius 3 is 1.86 bits per heavy atom. The molecule has 28 heavy (non-hydrogen) atoms. The van der Waals surface area contributed by atoms with Gasteiger partial charge in [-0.3, -0.25) is 14.5 Å². The molecule has 0 saturated carbocycles. The predicted molar refractivity (Wildman–Crippen MR) is 114 cm³/mol. The Labute approximate surface area is 174 Å². The highest BCUT2D eigenvalue weighted by atomic mass is 127. The van der Waals surface area contributed by atoms with E-state index >= 15 is 0 Å². The van der Waals surface area contributed by atoms with Gasteiger partial charge in [-0.15, -0.1) is 13.2 Å². The van der Waals surface area contributed by atoms with E-state index in [1.807, 2.05) is 13.8 Å². The molecule has 4 rings (SSSR count). The number of carbonyl (C=O) groups excluding carboxylic acids is 2. The number of halogens is 1. The van der Waals surface area contributed by atoms with Crippen LogP contribution in [0.25, 0.3) is 22.1 Å². The maximum Gasteiger partial charge on any atom is 0.282 e. The first-order valence-corrected chi connectivity index (χ1v) is 9.71. The summed E-state index contributed by atoms with van der Waals surface area (Å²) < 4.78 is 0.796. The van der Waals surface area contributed by atoms with Crippen molar-refractivity contribution in [1.82, 2.24) is 24.8 Å². The Bertz CT molecular complexity index is 1230. The van der Waals surface area contributed by atoms with Crippen LogP contribution in [0.2, 0.25) is 0 Å². The Hall–Kier alpha value is -2.75. The highest BCUT2D eigenvalue weighted by Crippen LogP contribution is 2.31. The number of allylic oxidation sites excluding steroid dienone is 1. The number of benzene rings is 1. The van der Waals surface area contributed by atoms with Crippen LogP contribution in [0, 0.1) is 17.5 Å². The molecule has 0 spiro atoms. The number of fused-ring (bicyclic) bond motifs is 3. The van der Waals surface area contributed by atoms with Gasteiger partial charge >= 0.3 is 0 Å². The smallest absolute Gasteiger partial charge is 0.268 e. The molecule has 1 aliphatic rings. The van der Waals surface area contributed by atoms with Gasteiger partial charge in [0.2, 0.25) is 0 Å². The van der Waals surface area contributed by atoms with Crippen LogP contribution in [0.3, 0.4) is 0 Å². The Balaban J connectivity index is 2.06. The second kappa shape index (κ2) is 6.69. The maximum atomic E-state index is 12.6. The van der Waals surface area contributed by atoms with Gasteiger partial charge in [-0.25, -0.2) is 19.9 Å². The van der Waals surface area contributed by atoms with Gasteiger partial charge in [0.25, 0.3) is 11.8 Å². The van der Waals surface area contributed by atoms with Crippen LogP contribution in [-0.2, 0) is 6.42 Å². The van der Waals surface area contributed by atoms with Crippen LogP contribution >= 0.6 is 22.6 Å². The molecule has 3 heterocycles. The highest BCUT2D eigenvalue weighted by Gasteiger charge is 2.38. The third kappa shape index (κ3) is 2.55. The van der Waals surface area contributed by atoms with Gasteiger partial charge in [0, 0.05) is 24.1 Å². The third-order valence-corrected chi connectivity index (χ3v) is 5.64. The summed E-state index contributed by atoms with van der Waals surface area (Å²) in [4.78, 5) is 44.8. The Morgan fingerprint density at radius 1 is 0.857 bits per heavy atom. The molecule has 0 unspecified atom stereocenters. The van der Waals surface area contributed by atoms with Gasteiger partial charge < -0.3 is 0 Å². The van der Waals surface area contributed by atoms with Gasteiger partial charge in [0.15, 0.2) is 11.4 Å². The van der Waals surface area contributed by atoms with Crippen LogP contribution in [0.15, 0.2) is 25.3 Å². The molecule has 7 nitrogen and oxygen atoms in total. The van der Waals surface area contributed by atoms with Crippen LogP contribution < -0.4 is 0 Å². The molecule has 140 valence electrons. The first-order valence-electron chi connectivity index (χ1n) is 8.64. The molecule has 0 saturated heterocycles. The van der Waals surface area contributed by atoms with Crippen molar-refractivity contribution in [2.75, 3.05) is 6.54 Å². The molecule has 0 radical (unpaired) electrons. The monoisotopic (exact) mass is 485 g/mol. The summed E-state index contributed by atoms with van der Waals surface area (Å²) >= 11 is 2.16. The number of hydrogen-bond acceptors (Lipinski definition) is 6. The lowest BCUT2D eigenvalue weighted by molar-refractivity contribution is 0.0668. The third-order valence-electron chi connectivity index (χ3n) is 4.78. The van der Waals surface area contributed by atoms with Gasteiger partial charge in [-0.2, -0.15) is 0 Å². The zero-order valence-electron chi connectivity index (χ0n) is 15.4. The summed E-state index contributed by atoms with van der Waals surface area (Å²) in [6, 6.07) is 0. The summed E-state index contributed by atoms with van der Waals surface area (Å²) in [6.45, 7) is 11.3. The number of rotatable bonds is 4. The molecule has 8 heteroatoms. The van der Waals surface area contributed by atoms with Crippen molar-refractivity contribution >= 4 is 56.5 Å². The van der Waals surface area contributed by atoms with E-state index in [9.17, 15) is 9.59 Å². The second-order valence-electron chi connectivity index (χ2n) is 6.53. The highest BCUT2D eigenvalue weighted by molar-refractivity contribution is 14.1. The van der Waals surface area contributed by atoms with Crippen LogP contribution in [-0.4, -0.2) is 43.2 Å². The molecular weight excluding hydrogens is 469 g/mol. The van der Waals surface area contributed by atoms with Crippen molar-refractivity contribution in [2.45, 2.75) is 20.3 Å². The molecular formula is C20H16IN5O2. The summed E-state index contributed by atoms with van der Waals surface area (Å²) in [5.41, 5.74) is 5.11. The van der Waals surface area contributed by atoms with Crippen LogP contribution in [0.5, 0.6) is 0 Å². The minimum Gasteiger partial charge on any atom is -0.268 e. The number of nitrogens with zero attached hydrogens (tertiary/aromatic N) is 5. The SMILES string of the molecule is C=CCc1nc2c(C)c3nc4c(nc3c(C)c2nc1I)C(=O)N(CC=C)C4=O. The van der Waals surface area contributed by atoms with E-state index < -0.39 is 11.8 Å². The average molecular weight is 485 g/mol. The zero-order valence-corrected chi connectivity index (χ0v) is 17.6. The van der Waals surface area contributed by atoms with E-state index in [1.165, 1.54) is 6.08 Å². The minimum atomic E-state index is -0.451. The van der Waals surface area contributed by atoms with Gasteiger partial charge in [0.1, 0.15) is 3.70 Å². The largest absolute Gasteiger partial charge is 0.282 e. The number of aryl methyl sites for hydroxylation is 2. The molecule has 1 aromatic carbocycles. The average Bonchev–Trinajstić information content (AvgIpc) is 2.91. The molecule has 0 bridgehead atoms. The van der Waals surface area contributed by atoms with Gasteiger partial charge in [-0.1, -0.05) is 12.2 Å². The molecule has 1 aliphatic heterocycles. The van der Waals surface area contributed by atoms with E-state index in [0.29, 0.717) is 17.5 Å². The predicted octanol–water partition coefficient (Wildman–Crippen LogP) is 3.30. The molecule has 2 aromatic heterocycles. The summed E-state index contributed by atoms with van der Waals surface area (Å²) in [7, 11) is 0. The van der Waals surface area contributed by atoms with Crippen molar-refractivity contribution in [2.24, 2.45) is 0 Å². The second-order valence-corrected chi connectivity index (χ2v) is 7.55. The molecule has 0 fully saturated rings. The molecule has 0 N–H and O–H groups in total. The van der Waals surface area contributed by atoms with Crippen molar-refractivity contribution in [3.63, 3.8) is 0 Å². The fraction of sp³-hybridized carbons (Fsp3) is 0.200. The van der Waals surface area contributed by atoms with E-state index in [1.54, 1.807) is 6.08 Å². The van der Waals surface area contributed by atoms with Gasteiger partial charge in [0.05, 0.1) is 27.8 Å².